The van der Waals surface area contributed by atoms with E-state index in [0.717, 1.165) is 0 Å². The van der Waals surface area contributed by atoms with Crippen LogP contribution in [-0.2, 0) is 0 Å². The zero-order chi connectivity index (χ0) is 4.12. The minimum Gasteiger partial charge on any atom is -0.0735 e. The van der Waals surface area contributed by atoms with Crippen molar-refractivity contribution in [2.45, 2.75) is 18.8 Å². The van der Waals surface area contributed by atoms with Gasteiger partial charge < -0.3 is 0 Å². The first-order chi connectivity index (χ1) is 2.41. The highest BCUT2D eigenvalue weighted by Gasteiger charge is 1.71. The molecule has 2 heteroatoms. The predicted molar refractivity (Wildman–Crippen MR) is 28.0 cm³/mol. The van der Waals surface area contributed by atoms with Crippen LogP contribution < -0.4 is 0 Å². The second-order valence-electron chi connectivity index (χ2n) is 0.884. The van der Waals surface area contributed by atoms with E-state index in [1.807, 2.05) is 0 Å². The van der Waals surface area contributed by atoms with Crippen LogP contribution in [0.5, 0.6) is 0 Å². The first kappa shape index (κ1) is 5.43. The van der Waals surface area contributed by atoms with Crippen molar-refractivity contribution in [2.24, 2.45) is 0 Å². The quantitative estimate of drug-likeness (QED) is 0.452. The largest absolute Gasteiger partial charge is 0.0735 e. The maximum absolute atomic E-state index is 2.25. The summed E-state index contributed by atoms with van der Waals surface area (Å²) in [7, 11) is 2.34. The van der Waals surface area contributed by atoms with Gasteiger partial charge in [0, 0.05) is 19.0 Å². The second kappa shape index (κ2) is 4.43. The highest BCUT2D eigenvalue weighted by atomic mass is 28.3. The molecule has 28 valence electrons. The smallest absolute Gasteiger partial charge is 0.0307 e. The van der Waals surface area contributed by atoms with E-state index < -0.39 is 0 Å². The van der Waals surface area contributed by atoms with E-state index in [-0.39, 0.29) is 0 Å². The molecule has 0 nitrogen and oxygen atoms in total. The topological polar surface area (TPSA) is 0 Å². The molecule has 5 heavy (non-hydrogen) atoms. The highest BCUT2D eigenvalue weighted by Crippen LogP contribution is 1.68. The van der Waals surface area contributed by atoms with Crippen LogP contribution in [0.25, 0.3) is 0 Å². The van der Waals surface area contributed by atoms with E-state index in [4.69, 9.17) is 0 Å². The summed E-state index contributed by atoms with van der Waals surface area (Å²) in [5.41, 5.74) is 1.44. The lowest BCUT2D eigenvalue weighted by Crippen LogP contribution is -1.84. The summed E-state index contributed by atoms with van der Waals surface area (Å²) in [6.45, 7) is 4.49. The third-order valence-corrected chi connectivity index (χ3v) is 3.18. The summed E-state index contributed by atoms with van der Waals surface area (Å²) in [6, 6.07) is 0. The summed E-state index contributed by atoms with van der Waals surface area (Å²) in [4.78, 5) is 0. The number of hydrogen-bond acceptors (Lipinski definition) is 0. The first-order valence-electron chi connectivity index (χ1n) is 1.71. The molecule has 0 saturated carbocycles. The van der Waals surface area contributed by atoms with E-state index >= 15 is 0 Å². The molecule has 0 aliphatic heterocycles. The Morgan fingerprint density at radius 3 is 1.60 bits per heavy atom. The molecule has 0 aromatic rings. The minimum absolute atomic E-state index is 1.17. The molecular weight excluding hydrogens is 92.2 g/mol. The Morgan fingerprint density at radius 2 is 1.60 bits per heavy atom. The maximum Gasteiger partial charge on any atom is 0.0307 e. The van der Waals surface area contributed by atoms with Gasteiger partial charge in [-0.3, -0.25) is 0 Å². The molecule has 0 fully saturated rings. The van der Waals surface area contributed by atoms with E-state index in [1.54, 1.807) is 0 Å². The van der Waals surface area contributed by atoms with Crippen molar-refractivity contribution in [2.75, 3.05) is 0 Å². The molecule has 0 heterocycles. The van der Waals surface area contributed by atoms with Gasteiger partial charge >= 0.3 is 0 Å². The highest BCUT2D eigenvalue weighted by molar-refractivity contribution is 6.54. The Kier molecular flexibility index (Phi) is 4.82. The summed E-state index contributed by atoms with van der Waals surface area (Å²) in [5, 5.41) is 0. The van der Waals surface area contributed by atoms with Crippen molar-refractivity contribution in [3.8, 4) is 0 Å². The van der Waals surface area contributed by atoms with Crippen molar-refractivity contribution < 1.29 is 0 Å². The summed E-state index contributed by atoms with van der Waals surface area (Å²) < 4.78 is 0. The number of hydrogen-bond donors (Lipinski definition) is 0. The van der Waals surface area contributed by atoms with E-state index in [0.29, 0.717) is 0 Å². The molecule has 0 saturated heterocycles. The van der Waals surface area contributed by atoms with Crippen LogP contribution in [0.3, 0.4) is 0 Å². The Balaban J connectivity index is 2.19. The normalized spacial score (nSPS) is 8.40. The fourth-order valence-electron chi connectivity index (χ4n) is 0.177. The Morgan fingerprint density at radius 1 is 1.20 bits per heavy atom. The summed E-state index contributed by atoms with van der Waals surface area (Å²) in [5.74, 6) is 0. The zero-order valence-electron chi connectivity index (χ0n) is 3.71. The molecule has 0 atom stereocenters. The van der Waals surface area contributed by atoms with Gasteiger partial charge in [0.15, 0.2) is 0 Å². The number of rotatable bonds is 2. The fourth-order valence-corrected chi connectivity index (χ4v) is 1.59. The Labute approximate surface area is 38.6 Å². The molecule has 4 radical (unpaired) electrons. The first-order valence-corrected chi connectivity index (χ1v) is 5.12. The molecule has 0 aromatic heterocycles. The molecule has 0 aliphatic carbocycles. The van der Waals surface area contributed by atoms with Crippen molar-refractivity contribution in [3.05, 3.63) is 0 Å². The third-order valence-electron chi connectivity index (χ3n) is 0.354. The van der Waals surface area contributed by atoms with Gasteiger partial charge in [-0.2, -0.15) is 0 Å². The van der Waals surface area contributed by atoms with E-state index in [1.165, 1.54) is 24.7 Å². The van der Waals surface area contributed by atoms with Gasteiger partial charge in [-0.1, -0.05) is 18.8 Å². The average molecular weight is 100 g/mol. The predicted octanol–water partition coefficient (Wildman–Crippen LogP) is 0.867. The molecule has 0 unspecified atom stereocenters. The van der Waals surface area contributed by atoms with E-state index in [9.17, 15) is 0 Å². The van der Waals surface area contributed by atoms with Crippen molar-refractivity contribution >= 4 is 19.0 Å². The summed E-state index contributed by atoms with van der Waals surface area (Å²) in [6.07, 6.45) is 0. The Hall–Kier alpha value is 0.434. The van der Waals surface area contributed by atoms with Crippen LogP contribution in [-0.4, -0.2) is 19.0 Å². The molecule has 0 amide bonds. The van der Waals surface area contributed by atoms with Crippen molar-refractivity contribution in [1.82, 2.24) is 0 Å². The fraction of sp³-hybridized carbons (Fsp3) is 1.00. The van der Waals surface area contributed by atoms with Crippen LogP contribution in [0.15, 0.2) is 0 Å². The van der Waals surface area contributed by atoms with Crippen LogP contribution in [0, 0.1) is 0 Å². The van der Waals surface area contributed by atoms with Crippen LogP contribution in [0.4, 0.5) is 0 Å². The van der Waals surface area contributed by atoms with Gasteiger partial charge in [-0.25, -0.2) is 0 Å². The lowest BCUT2D eigenvalue weighted by Gasteiger charge is -1.75. The van der Waals surface area contributed by atoms with Gasteiger partial charge in [0.25, 0.3) is 0 Å². The molecular formula is C3H8Si2. The lowest BCUT2D eigenvalue weighted by atomic mass is 11.8. The van der Waals surface area contributed by atoms with E-state index in [2.05, 4.69) is 13.1 Å². The van der Waals surface area contributed by atoms with Crippen LogP contribution in [0.2, 0.25) is 18.8 Å². The average Bonchev–Trinajstić information content (AvgIpc) is 1.41. The van der Waals surface area contributed by atoms with Crippen LogP contribution >= 0.6 is 0 Å². The lowest BCUT2D eigenvalue weighted by molar-refractivity contribution is 1.91. The third kappa shape index (κ3) is 4.43. The van der Waals surface area contributed by atoms with Crippen molar-refractivity contribution in [3.63, 3.8) is 0 Å². The van der Waals surface area contributed by atoms with Crippen molar-refractivity contribution in [1.29, 1.82) is 0 Å². The Bertz CT molecular complexity index is 12.4. The van der Waals surface area contributed by atoms with Crippen LogP contribution in [0.1, 0.15) is 0 Å². The molecule has 0 rings (SSSR count). The van der Waals surface area contributed by atoms with Gasteiger partial charge in [0.1, 0.15) is 0 Å². The SMILES string of the molecule is C[Si]C[Si]C. The minimum atomic E-state index is 1.17. The second-order valence-corrected chi connectivity index (χ2v) is 3.71. The van der Waals surface area contributed by atoms with Gasteiger partial charge in [-0.05, 0) is 0 Å². The zero-order valence-corrected chi connectivity index (χ0v) is 5.71. The summed E-state index contributed by atoms with van der Waals surface area (Å²) >= 11 is 0. The van der Waals surface area contributed by atoms with Gasteiger partial charge in [0.05, 0.1) is 0 Å². The molecule has 0 aliphatic rings. The van der Waals surface area contributed by atoms with Gasteiger partial charge in [-0.15, -0.1) is 0 Å². The molecule has 0 N–H and O–H groups in total. The molecule has 0 spiro atoms. The standard InChI is InChI=1S/C3H8Si2/c1-4-3-5-2/h3H2,1-2H3. The van der Waals surface area contributed by atoms with Gasteiger partial charge in [0.2, 0.25) is 0 Å². The molecule has 0 aromatic carbocycles. The monoisotopic (exact) mass is 100 g/mol. The molecule has 0 bridgehead atoms. The maximum atomic E-state index is 2.25.